The predicted molar refractivity (Wildman–Crippen MR) is 67.0 cm³/mol. The Bertz CT molecular complexity index is 356. The van der Waals surface area contributed by atoms with Gasteiger partial charge in [-0.1, -0.05) is 12.5 Å². The Balaban J connectivity index is 1.94. The maximum absolute atomic E-state index is 12.1. The van der Waals surface area contributed by atoms with E-state index in [1.807, 2.05) is 0 Å². The molecule has 18 heavy (non-hydrogen) atoms. The number of carboxylic acids is 1. The van der Waals surface area contributed by atoms with Crippen LogP contribution in [0.25, 0.3) is 0 Å². The summed E-state index contributed by atoms with van der Waals surface area (Å²) in [6, 6.07) is -1.08. The van der Waals surface area contributed by atoms with Crippen LogP contribution in [0.4, 0.5) is 0 Å². The van der Waals surface area contributed by atoms with Gasteiger partial charge < -0.3 is 15.7 Å². The molecule has 0 radical (unpaired) electrons. The Labute approximate surface area is 107 Å². The van der Waals surface area contributed by atoms with Gasteiger partial charge in [-0.2, -0.15) is 0 Å². The molecule has 0 aromatic carbocycles. The molecule has 1 heterocycles. The molecule has 2 fully saturated rings. The van der Waals surface area contributed by atoms with Gasteiger partial charge in [-0.05, 0) is 37.6 Å². The monoisotopic (exact) mass is 252 g/mol. The lowest BCUT2D eigenvalue weighted by Gasteiger charge is -2.20. The average Bonchev–Trinajstić information content (AvgIpc) is 2.89. The first-order chi connectivity index (χ1) is 8.63. The lowest BCUT2D eigenvalue weighted by atomic mass is 9.93. The van der Waals surface area contributed by atoms with E-state index >= 15 is 0 Å². The lowest BCUT2D eigenvalue weighted by Crippen LogP contribution is -2.50. The Kier molecular flexibility index (Phi) is 4.01. The van der Waals surface area contributed by atoms with Gasteiger partial charge >= 0.3 is 5.97 Å². The highest BCUT2D eigenvalue weighted by molar-refractivity contribution is 5.87. The minimum absolute atomic E-state index is 0.182. The molecule has 5 nitrogen and oxygen atoms in total. The van der Waals surface area contributed by atoms with Crippen LogP contribution in [0.2, 0.25) is 0 Å². The summed E-state index contributed by atoms with van der Waals surface area (Å²) in [6.45, 7) is 4.39. The molecular weight excluding hydrogens is 232 g/mol. The number of hydrogen-bond acceptors (Lipinski definition) is 3. The van der Waals surface area contributed by atoms with Crippen LogP contribution >= 0.6 is 0 Å². The molecule has 4 unspecified atom stereocenters. The van der Waals surface area contributed by atoms with Crippen molar-refractivity contribution >= 4 is 11.9 Å². The standard InChI is InChI=1S/C13H20N2O3/c1-2-4-10(13(17)18)15-12(16)11-9-6-3-5-8(9)7-14-11/h2,8-11,14H,1,3-7H2,(H,15,16)(H,17,18). The van der Waals surface area contributed by atoms with Gasteiger partial charge in [-0.3, -0.25) is 4.79 Å². The van der Waals surface area contributed by atoms with Crippen molar-refractivity contribution in [3.8, 4) is 0 Å². The van der Waals surface area contributed by atoms with Gasteiger partial charge in [0, 0.05) is 0 Å². The first-order valence-electron chi connectivity index (χ1n) is 6.51. The molecule has 0 spiro atoms. The van der Waals surface area contributed by atoms with Gasteiger partial charge in [0.2, 0.25) is 5.91 Å². The number of hydrogen-bond donors (Lipinski definition) is 3. The van der Waals surface area contributed by atoms with Gasteiger partial charge in [0.1, 0.15) is 6.04 Å². The third kappa shape index (κ3) is 2.56. The molecule has 0 aromatic heterocycles. The highest BCUT2D eigenvalue weighted by Gasteiger charge is 2.42. The van der Waals surface area contributed by atoms with Crippen LogP contribution in [0.15, 0.2) is 12.7 Å². The molecule has 1 amide bonds. The Morgan fingerprint density at radius 3 is 2.94 bits per heavy atom. The van der Waals surface area contributed by atoms with Gasteiger partial charge in [-0.15, -0.1) is 6.58 Å². The van der Waals surface area contributed by atoms with E-state index in [2.05, 4.69) is 17.2 Å². The maximum atomic E-state index is 12.1. The second-order valence-corrected chi connectivity index (χ2v) is 5.16. The molecule has 5 heteroatoms. The first kappa shape index (κ1) is 13.1. The van der Waals surface area contributed by atoms with Crippen LogP contribution in [0.5, 0.6) is 0 Å². The predicted octanol–water partition coefficient (Wildman–Crippen LogP) is 0.520. The minimum atomic E-state index is -1.01. The van der Waals surface area contributed by atoms with E-state index in [0.29, 0.717) is 11.8 Å². The van der Waals surface area contributed by atoms with Gasteiger partial charge in [0.15, 0.2) is 0 Å². The van der Waals surface area contributed by atoms with Crippen molar-refractivity contribution in [1.82, 2.24) is 10.6 Å². The van der Waals surface area contributed by atoms with Crippen LogP contribution in [0.1, 0.15) is 25.7 Å². The summed E-state index contributed by atoms with van der Waals surface area (Å²) in [4.78, 5) is 23.1. The van der Waals surface area contributed by atoms with Crippen LogP contribution in [-0.2, 0) is 9.59 Å². The fourth-order valence-electron chi connectivity index (χ4n) is 3.12. The van der Waals surface area contributed by atoms with Crippen LogP contribution in [0.3, 0.4) is 0 Å². The molecule has 3 N–H and O–H groups in total. The summed E-state index contributed by atoms with van der Waals surface area (Å²) in [5.74, 6) is -0.227. The number of carboxylic acid groups (broad SMARTS) is 1. The molecule has 0 bridgehead atoms. The molecule has 1 saturated heterocycles. The topological polar surface area (TPSA) is 78.4 Å². The zero-order valence-corrected chi connectivity index (χ0v) is 10.4. The Morgan fingerprint density at radius 2 is 2.28 bits per heavy atom. The summed E-state index contributed by atoms with van der Waals surface area (Å²) >= 11 is 0. The van der Waals surface area contributed by atoms with E-state index in [9.17, 15) is 9.59 Å². The summed E-state index contributed by atoms with van der Waals surface area (Å²) in [6.07, 6.45) is 5.18. The van der Waals surface area contributed by atoms with E-state index in [-0.39, 0.29) is 18.4 Å². The van der Waals surface area contributed by atoms with Crippen molar-refractivity contribution in [2.45, 2.75) is 37.8 Å². The third-order valence-electron chi connectivity index (χ3n) is 4.05. The smallest absolute Gasteiger partial charge is 0.326 e. The van der Waals surface area contributed by atoms with E-state index < -0.39 is 12.0 Å². The second kappa shape index (κ2) is 5.52. The Hall–Kier alpha value is -1.36. The molecule has 2 rings (SSSR count). The number of nitrogens with one attached hydrogen (secondary N) is 2. The summed E-state index contributed by atoms with van der Waals surface area (Å²) in [5, 5.41) is 14.8. The summed E-state index contributed by atoms with van der Waals surface area (Å²) in [5.41, 5.74) is 0. The van der Waals surface area contributed by atoms with Crippen molar-refractivity contribution in [1.29, 1.82) is 0 Å². The van der Waals surface area contributed by atoms with Crippen LogP contribution in [-0.4, -0.2) is 35.6 Å². The molecule has 2 aliphatic rings. The average molecular weight is 252 g/mol. The van der Waals surface area contributed by atoms with Crippen molar-refractivity contribution in [3.05, 3.63) is 12.7 Å². The SMILES string of the molecule is C=CCC(NC(=O)C1NCC2CCCC21)C(=O)O. The summed E-state index contributed by atoms with van der Waals surface area (Å²) < 4.78 is 0. The van der Waals surface area contributed by atoms with Gasteiger partial charge in [0.25, 0.3) is 0 Å². The fourth-order valence-corrected chi connectivity index (χ4v) is 3.12. The van der Waals surface area contributed by atoms with E-state index in [4.69, 9.17) is 5.11 Å². The normalized spacial score (nSPS) is 31.7. The molecule has 1 aliphatic heterocycles. The first-order valence-corrected chi connectivity index (χ1v) is 6.51. The number of fused-ring (bicyclic) bond motifs is 1. The number of amides is 1. The van der Waals surface area contributed by atoms with E-state index in [1.165, 1.54) is 18.9 Å². The molecule has 100 valence electrons. The van der Waals surface area contributed by atoms with E-state index in [1.54, 1.807) is 0 Å². The van der Waals surface area contributed by atoms with Crippen molar-refractivity contribution in [3.63, 3.8) is 0 Å². The number of rotatable bonds is 5. The molecule has 1 aliphatic carbocycles. The number of carbonyl (C=O) groups excluding carboxylic acids is 1. The van der Waals surface area contributed by atoms with Crippen LogP contribution in [0, 0.1) is 11.8 Å². The van der Waals surface area contributed by atoms with Crippen molar-refractivity contribution in [2.24, 2.45) is 11.8 Å². The molecule has 0 aromatic rings. The molecule has 1 saturated carbocycles. The lowest BCUT2D eigenvalue weighted by molar-refractivity contribution is -0.142. The maximum Gasteiger partial charge on any atom is 0.326 e. The Morgan fingerprint density at radius 1 is 1.50 bits per heavy atom. The van der Waals surface area contributed by atoms with Crippen molar-refractivity contribution in [2.75, 3.05) is 6.54 Å². The quantitative estimate of drug-likeness (QED) is 0.623. The third-order valence-corrected chi connectivity index (χ3v) is 4.05. The number of carbonyl (C=O) groups is 2. The largest absolute Gasteiger partial charge is 0.480 e. The highest BCUT2D eigenvalue weighted by atomic mass is 16.4. The van der Waals surface area contributed by atoms with Crippen LogP contribution < -0.4 is 10.6 Å². The summed E-state index contributed by atoms with van der Waals surface area (Å²) in [7, 11) is 0. The molecular formula is C13H20N2O3. The van der Waals surface area contributed by atoms with Gasteiger partial charge in [-0.25, -0.2) is 4.79 Å². The van der Waals surface area contributed by atoms with Gasteiger partial charge in [0.05, 0.1) is 6.04 Å². The second-order valence-electron chi connectivity index (χ2n) is 5.16. The van der Waals surface area contributed by atoms with Crippen molar-refractivity contribution < 1.29 is 14.7 Å². The highest BCUT2D eigenvalue weighted by Crippen LogP contribution is 2.37. The zero-order valence-electron chi connectivity index (χ0n) is 10.4. The fraction of sp³-hybridized carbons (Fsp3) is 0.692. The number of aliphatic carboxylic acids is 1. The van der Waals surface area contributed by atoms with E-state index in [0.717, 1.165) is 13.0 Å². The zero-order chi connectivity index (χ0) is 13.1. The minimum Gasteiger partial charge on any atom is -0.480 e. The molecule has 4 atom stereocenters.